The van der Waals surface area contributed by atoms with E-state index < -0.39 is 0 Å². The molecule has 0 radical (unpaired) electrons. The van der Waals surface area contributed by atoms with E-state index in [2.05, 4.69) is 47.8 Å². The lowest BCUT2D eigenvalue weighted by Gasteiger charge is -2.01. The maximum atomic E-state index is 12.1. The number of rotatable bonds is 3. The molecule has 0 spiro atoms. The summed E-state index contributed by atoms with van der Waals surface area (Å²) in [6.07, 6.45) is 0.418. The summed E-state index contributed by atoms with van der Waals surface area (Å²) in [5, 5.41) is 0. The minimum absolute atomic E-state index is 0.122. The van der Waals surface area contributed by atoms with Gasteiger partial charge >= 0.3 is 0 Å². The summed E-state index contributed by atoms with van der Waals surface area (Å²) in [5.41, 5.74) is 1.75. The maximum Gasteiger partial charge on any atom is 0.169 e. The highest BCUT2D eigenvalue weighted by atomic mass is 79.9. The van der Waals surface area contributed by atoms with E-state index in [9.17, 15) is 4.79 Å². The Kier molecular flexibility index (Phi) is 4.58. The highest BCUT2D eigenvalue weighted by molar-refractivity contribution is 9.12. The molecule has 5 heteroatoms. The lowest BCUT2D eigenvalue weighted by molar-refractivity contribution is 0.0992. The maximum absolute atomic E-state index is 12.1. The molecule has 1 aromatic carbocycles. The Bertz CT molecular complexity index is 563. The van der Waals surface area contributed by atoms with Gasteiger partial charge in [0.25, 0.3) is 0 Å². The van der Waals surface area contributed by atoms with Crippen molar-refractivity contribution in [2.75, 3.05) is 0 Å². The van der Waals surface area contributed by atoms with Gasteiger partial charge in [-0.3, -0.25) is 4.79 Å². The Hall–Kier alpha value is 0.0300. The van der Waals surface area contributed by atoms with Gasteiger partial charge < -0.3 is 0 Å². The second kappa shape index (κ2) is 5.78. The SMILES string of the molecule is O=C(Cc1cccc(Br)c1)c1cc(Br)sc1Br. The van der Waals surface area contributed by atoms with E-state index in [-0.39, 0.29) is 5.78 Å². The zero-order chi connectivity index (χ0) is 12.4. The van der Waals surface area contributed by atoms with E-state index in [4.69, 9.17) is 0 Å². The molecule has 0 aliphatic carbocycles. The third kappa shape index (κ3) is 3.50. The van der Waals surface area contributed by atoms with Crippen molar-refractivity contribution in [1.82, 2.24) is 0 Å². The molecule has 0 bridgehead atoms. The van der Waals surface area contributed by atoms with Gasteiger partial charge in [0.1, 0.15) is 0 Å². The van der Waals surface area contributed by atoms with Crippen LogP contribution in [0.4, 0.5) is 0 Å². The average Bonchev–Trinajstić information content (AvgIpc) is 2.58. The van der Waals surface area contributed by atoms with Gasteiger partial charge in [0.2, 0.25) is 0 Å². The summed E-state index contributed by atoms with van der Waals surface area (Å²) >= 11 is 11.7. The molecular formula is C12H7Br3OS. The minimum atomic E-state index is 0.122. The number of hydrogen-bond donors (Lipinski definition) is 0. The van der Waals surface area contributed by atoms with Crippen LogP contribution < -0.4 is 0 Å². The minimum Gasteiger partial charge on any atom is -0.294 e. The molecule has 0 N–H and O–H groups in total. The van der Waals surface area contributed by atoms with Crippen LogP contribution in [0.2, 0.25) is 0 Å². The van der Waals surface area contributed by atoms with Crippen molar-refractivity contribution in [2.24, 2.45) is 0 Å². The van der Waals surface area contributed by atoms with Crippen molar-refractivity contribution >= 4 is 64.9 Å². The fourth-order valence-corrected chi connectivity index (χ4v) is 4.76. The van der Waals surface area contributed by atoms with Crippen molar-refractivity contribution in [2.45, 2.75) is 6.42 Å². The molecule has 0 saturated carbocycles. The Labute approximate surface area is 129 Å². The van der Waals surface area contributed by atoms with E-state index in [1.54, 1.807) is 0 Å². The monoisotopic (exact) mass is 436 g/mol. The van der Waals surface area contributed by atoms with E-state index >= 15 is 0 Å². The van der Waals surface area contributed by atoms with Crippen molar-refractivity contribution < 1.29 is 4.79 Å². The first-order valence-corrected chi connectivity index (χ1v) is 7.98. The number of Topliss-reactive ketones (excluding diaryl/α,β-unsaturated/α-hetero) is 1. The predicted molar refractivity (Wildman–Crippen MR) is 81.9 cm³/mol. The highest BCUT2D eigenvalue weighted by Gasteiger charge is 2.14. The molecule has 2 rings (SSSR count). The van der Waals surface area contributed by atoms with Crippen LogP contribution in [0.15, 0.2) is 42.4 Å². The molecule has 17 heavy (non-hydrogen) atoms. The van der Waals surface area contributed by atoms with Crippen LogP contribution >= 0.6 is 59.1 Å². The molecule has 88 valence electrons. The second-order valence-corrected chi connectivity index (χ2v) is 8.13. The third-order valence-electron chi connectivity index (χ3n) is 2.21. The number of carbonyl (C=O) groups excluding carboxylic acids is 1. The van der Waals surface area contributed by atoms with E-state index in [0.717, 1.165) is 23.2 Å². The highest BCUT2D eigenvalue weighted by Crippen LogP contribution is 2.32. The molecule has 0 fully saturated rings. The lowest BCUT2D eigenvalue weighted by atomic mass is 10.1. The lowest BCUT2D eigenvalue weighted by Crippen LogP contribution is -2.02. The van der Waals surface area contributed by atoms with Gasteiger partial charge in [-0.2, -0.15) is 0 Å². The Morgan fingerprint density at radius 1 is 1.18 bits per heavy atom. The van der Waals surface area contributed by atoms with Gasteiger partial charge in [0.05, 0.1) is 7.57 Å². The van der Waals surface area contributed by atoms with Crippen LogP contribution in [0.1, 0.15) is 15.9 Å². The predicted octanol–water partition coefficient (Wildman–Crippen LogP) is 5.46. The van der Waals surface area contributed by atoms with Crippen LogP contribution in [0, 0.1) is 0 Å². The van der Waals surface area contributed by atoms with Crippen LogP contribution in [-0.4, -0.2) is 5.78 Å². The van der Waals surface area contributed by atoms with Crippen LogP contribution in [0.25, 0.3) is 0 Å². The van der Waals surface area contributed by atoms with Gasteiger partial charge in [0.15, 0.2) is 5.78 Å². The van der Waals surface area contributed by atoms with E-state index in [1.807, 2.05) is 30.3 Å². The number of halogens is 3. The zero-order valence-corrected chi connectivity index (χ0v) is 14.1. The van der Waals surface area contributed by atoms with Gasteiger partial charge in [-0.25, -0.2) is 0 Å². The molecule has 2 aromatic rings. The summed E-state index contributed by atoms with van der Waals surface area (Å²) in [5.74, 6) is 0.122. The Morgan fingerprint density at radius 2 is 1.94 bits per heavy atom. The molecule has 1 nitrogen and oxygen atoms in total. The van der Waals surface area contributed by atoms with Crippen molar-refractivity contribution in [3.63, 3.8) is 0 Å². The van der Waals surface area contributed by atoms with Crippen LogP contribution in [0.5, 0.6) is 0 Å². The molecule has 0 atom stereocenters. The first kappa shape index (κ1) is 13.5. The molecule has 0 saturated heterocycles. The zero-order valence-electron chi connectivity index (χ0n) is 8.54. The second-order valence-electron chi connectivity index (χ2n) is 3.47. The molecular weight excluding hydrogens is 432 g/mol. The number of hydrogen-bond acceptors (Lipinski definition) is 2. The van der Waals surface area contributed by atoms with Crippen molar-refractivity contribution in [1.29, 1.82) is 0 Å². The standard InChI is InChI=1S/C12H7Br3OS/c13-8-3-1-2-7(4-8)5-10(16)9-6-11(14)17-12(9)15/h1-4,6H,5H2. The molecule has 1 aromatic heterocycles. The average molecular weight is 439 g/mol. The summed E-state index contributed by atoms with van der Waals surface area (Å²) in [6, 6.07) is 9.66. The summed E-state index contributed by atoms with van der Waals surface area (Å²) in [7, 11) is 0. The number of thiophene rings is 1. The first-order chi connectivity index (χ1) is 8.06. The molecule has 0 aliphatic rings. The smallest absolute Gasteiger partial charge is 0.169 e. The number of carbonyl (C=O) groups is 1. The van der Waals surface area contributed by atoms with Crippen LogP contribution in [-0.2, 0) is 6.42 Å². The molecule has 0 amide bonds. The largest absolute Gasteiger partial charge is 0.294 e. The summed E-state index contributed by atoms with van der Waals surface area (Å²) in [6.45, 7) is 0. The first-order valence-electron chi connectivity index (χ1n) is 4.79. The van der Waals surface area contributed by atoms with E-state index in [0.29, 0.717) is 6.42 Å². The quantitative estimate of drug-likeness (QED) is 0.581. The molecule has 0 unspecified atom stereocenters. The third-order valence-corrected chi connectivity index (χ3v) is 5.04. The Morgan fingerprint density at radius 3 is 2.53 bits per heavy atom. The summed E-state index contributed by atoms with van der Waals surface area (Å²) in [4.78, 5) is 12.1. The number of benzene rings is 1. The van der Waals surface area contributed by atoms with Crippen molar-refractivity contribution in [3.8, 4) is 0 Å². The molecule has 0 aliphatic heterocycles. The number of ketones is 1. The Balaban J connectivity index is 2.20. The van der Waals surface area contributed by atoms with Gasteiger partial charge in [-0.05, 0) is 55.6 Å². The fraction of sp³-hybridized carbons (Fsp3) is 0.0833. The van der Waals surface area contributed by atoms with Gasteiger partial charge in [-0.15, -0.1) is 11.3 Å². The molecule has 1 heterocycles. The van der Waals surface area contributed by atoms with Crippen molar-refractivity contribution in [3.05, 3.63) is 53.5 Å². The fourth-order valence-electron chi connectivity index (χ4n) is 1.46. The summed E-state index contributed by atoms with van der Waals surface area (Å²) < 4.78 is 2.83. The van der Waals surface area contributed by atoms with Crippen LogP contribution in [0.3, 0.4) is 0 Å². The normalized spacial score (nSPS) is 10.5. The van der Waals surface area contributed by atoms with Gasteiger partial charge in [-0.1, -0.05) is 28.1 Å². The van der Waals surface area contributed by atoms with E-state index in [1.165, 1.54) is 11.3 Å². The topological polar surface area (TPSA) is 17.1 Å². The van der Waals surface area contributed by atoms with Gasteiger partial charge in [0, 0.05) is 16.5 Å².